The van der Waals surface area contributed by atoms with Gasteiger partial charge in [-0.15, -0.1) is 22.0 Å². The molecule has 0 fully saturated rings. The molecule has 0 spiro atoms. The molecule has 0 saturated heterocycles. The number of nitrogens with zero attached hydrogens (tertiary/aromatic N) is 4. The highest BCUT2D eigenvalue weighted by atomic mass is 32.2. The van der Waals surface area contributed by atoms with Gasteiger partial charge < -0.3 is 0 Å². The van der Waals surface area contributed by atoms with Crippen molar-refractivity contribution in [1.29, 1.82) is 0 Å². The van der Waals surface area contributed by atoms with Crippen LogP contribution in [0.2, 0.25) is 0 Å². The van der Waals surface area contributed by atoms with E-state index in [4.69, 9.17) is 0 Å². The Balaban J connectivity index is 1.78. The lowest BCUT2D eigenvalue weighted by Gasteiger charge is -2.07. The first kappa shape index (κ1) is 11.4. The summed E-state index contributed by atoms with van der Waals surface area (Å²) in [6.45, 7) is 0. The van der Waals surface area contributed by atoms with Gasteiger partial charge in [0.15, 0.2) is 5.82 Å². The number of carbonyl (C=O) groups is 1. The molecule has 1 aromatic heterocycles. The van der Waals surface area contributed by atoms with E-state index < -0.39 is 0 Å². The van der Waals surface area contributed by atoms with Crippen molar-refractivity contribution >= 4 is 17.5 Å². The van der Waals surface area contributed by atoms with Crippen LogP contribution in [0.25, 0.3) is 0 Å². The zero-order valence-corrected chi connectivity index (χ0v) is 10.7. The quantitative estimate of drug-likeness (QED) is 0.830. The van der Waals surface area contributed by atoms with Crippen molar-refractivity contribution in [3.8, 4) is 0 Å². The van der Waals surface area contributed by atoms with Crippen molar-refractivity contribution < 1.29 is 4.79 Å². The molecule has 1 atom stereocenters. The molecule has 0 radical (unpaired) electrons. The van der Waals surface area contributed by atoms with Gasteiger partial charge in [-0.1, -0.05) is 18.2 Å². The summed E-state index contributed by atoms with van der Waals surface area (Å²) in [5, 5.41) is 11.6. The van der Waals surface area contributed by atoms with E-state index in [1.54, 1.807) is 18.8 Å². The molecule has 1 aliphatic heterocycles. The van der Waals surface area contributed by atoms with Crippen molar-refractivity contribution in [2.45, 2.75) is 17.2 Å². The Hall–Kier alpha value is -1.69. The predicted molar refractivity (Wildman–Crippen MR) is 67.4 cm³/mol. The minimum atomic E-state index is -0.0324. The minimum absolute atomic E-state index is 0.0324. The number of Topliss-reactive ketones (excluding diaryl/α,β-unsaturated/α-hetero) is 1. The number of tetrazole rings is 1. The van der Waals surface area contributed by atoms with Crippen LogP contribution >= 0.6 is 11.8 Å². The number of fused-ring (bicyclic) bond motifs is 1. The SMILES string of the molecule is Cn1nnc(CC(=O)C2CSc3ccccc32)n1. The van der Waals surface area contributed by atoms with Crippen molar-refractivity contribution in [1.82, 2.24) is 20.2 Å². The molecular formula is C12H12N4OS. The van der Waals surface area contributed by atoms with Crippen LogP contribution in [0.4, 0.5) is 0 Å². The van der Waals surface area contributed by atoms with Crippen LogP contribution < -0.4 is 0 Å². The predicted octanol–water partition coefficient (Wildman–Crippen LogP) is 1.21. The maximum absolute atomic E-state index is 12.3. The molecule has 3 rings (SSSR count). The summed E-state index contributed by atoms with van der Waals surface area (Å²) in [5.41, 5.74) is 1.14. The fraction of sp³-hybridized carbons (Fsp3) is 0.333. The van der Waals surface area contributed by atoms with Crippen molar-refractivity contribution in [3.63, 3.8) is 0 Å². The van der Waals surface area contributed by atoms with E-state index in [1.807, 2.05) is 18.2 Å². The van der Waals surface area contributed by atoms with E-state index in [9.17, 15) is 4.79 Å². The Kier molecular flexibility index (Phi) is 2.87. The number of hydrogen-bond acceptors (Lipinski definition) is 5. The maximum atomic E-state index is 12.3. The van der Waals surface area contributed by atoms with E-state index in [0.29, 0.717) is 5.82 Å². The summed E-state index contributed by atoms with van der Waals surface area (Å²) in [4.78, 5) is 14.8. The Labute approximate surface area is 109 Å². The van der Waals surface area contributed by atoms with E-state index in [-0.39, 0.29) is 18.1 Å². The van der Waals surface area contributed by atoms with Crippen LogP contribution in [0, 0.1) is 0 Å². The number of hydrogen-bond donors (Lipinski definition) is 0. The first-order valence-corrected chi connectivity index (χ1v) is 6.70. The monoisotopic (exact) mass is 260 g/mol. The number of carbonyl (C=O) groups excluding carboxylic acids is 1. The third-order valence-electron chi connectivity index (χ3n) is 2.97. The summed E-state index contributed by atoms with van der Waals surface area (Å²) in [6.07, 6.45) is 0.257. The Morgan fingerprint density at radius 3 is 3.11 bits per heavy atom. The molecule has 2 heterocycles. The van der Waals surface area contributed by atoms with Gasteiger partial charge in [0.05, 0.1) is 19.4 Å². The fourth-order valence-electron chi connectivity index (χ4n) is 2.10. The molecule has 1 unspecified atom stereocenters. The summed E-state index contributed by atoms with van der Waals surface area (Å²) >= 11 is 1.74. The molecule has 0 amide bonds. The van der Waals surface area contributed by atoms with Gasteiger partial charge in [0, 0.05) is 10.6 Å². The number of ketones is 1. The Morgan fingerprint density at radius 1 is 1.50 bits per heavy atom. The zero-order chi connectivity index (χ0) is 12.5. The second kappa shape index (κ2) is 4.53. The van der Waals surface area contributed by atoms with E-state index in [1.165, 1.54) is 9.69 Å². The average molecular weight is 260 g/mol. The van der Waals surface area contributed by atoms with Crippen LogP contribution in [-0.4, -0.2) is 31.7 Å². The summed E-state index contributed by atoms with van der Waals surface area (Å²) < 4.78 is 0. The van der Waals surface area contributed by atoms with Gasteiger partial charge in [0.25, 0.3) is 0 Å². The maximum Gasteiger partial charge on any atom is 0.182 e. The molecule has 1 aliphatic rings. The number of benzene rings is 1. The Morgan fingerprint density at radius 2 is 2.33 bits per heavy atom. The smallest absolute Gasteiger partial charge is 0.182 e. The van der Waals surface area contributed by atoms with Crippen molar-refractivity contribution in [2.24, 2.45) is 7.05 Å². The van der Waals surface area contributed by atoms with Crippen LogP contribution in [-0.2, 0) is 18.3 Å². The number of aromatic nitrogens is 4. The number of thioether (sulfide) groups is 1. The van der Waals surface area contributed by atoms with Crippen molar-refractivity contribution in [3.05, 3.63) is 35.7 Å². The van der Waals surface area contributed by atoms with Gasteiger partial charge in [0.2, 0.25) is 0 Å². The summed E-state index contributed by atoms with van der Waals surface area (Å²) in [6, 6.07) is 8.07. The average Bonchev–Trinajstić information content (AvgIpc) is 2.95. The van der Waals surface area contributed by atoms with Gasteiger partial charge in [-0.05, 0) is 16.8 Å². The van der Waals surface area contributed by atoms with Crippen LogP contribution in [0.5, 0.6) is 0 Å². The first-order valence-electron chi connectivity index (χ1n) is 5.71. The zero-order valence-electron chi connectivity index (χ0n) is 9.91. The molecule has 0 aliphatic carbocycles. The fourth-order valence-corrected chi connectivity index (χ4v) is 3.37. The topological polar surface area (TPSA) is 60.7 Å². The second-order valence-electron chi connectivity index (χ2n) is 4.24. The lowest BCUT2D eigenvalue weighted by molar-refractivity contribution is -0.119. The summed E-state index contributed by atoms with van der Waals surface area (Å²) in [7, 11) is 1.70. The molecule has 6 heteroatoms. The highest BCUT2D eigenvalue weighted by Gasteiger charge is 2.29. The molecule has 5 nitrogen and oxygen atoms in total. The molecule has 0 bridgehead atoms. The largest absolute Gasteiger partial charge is 0.298 e. The second-order valence-corrected chi connectivity index (χ2v) is 5.30. The van der Waals surface area contributed by atoms with Crippen LogP contribution in [0.3, 0.4) is 0 Å². The molecule has 1 aromatic carbocycles. The molecular weight excluding hydrogens is 248 g/mol. The number of rotatable bonds is 3. The van der Waals surface area contributed by atoms with Gasteiger partial charge in [-0.25, -0.2) is 0 Å². The Bertz CT molecular complexity index is 595. The lowest BCUT2D eigenvalue weighted by Crippen LogP contribution is -2.15. The van der Waals surface area contributed by atoms with E-state index in [2.05, 4.69) is 21.5 Å². The van der Waals surface area contributed by atoms with Gasteiger partial charge in [-0.2, -0.15) is 4.80 Å². The highest BCUT2D eigenvalue weighted by molar-refractivity contribution is 7.99. The molecule has 18 heavy (non-hydrogen) atoms. The molecule has 92 valence electrons. The van der Waals surface area contributed by atoms with Gasteiger partial charge >= 0.3 is 0 Å². The minimum Gasteiger partial charge on any atom is -0.298 e. The molecule has 0 N–H and O–H groups in total. The van der Waals surface area contributed by atoms with Crippen LogP contribution in [0.15, 0.2) is 29.2 Å². The third-order valence-corrected chi connectivity index (χ3v) is 4.15. The van der Waals surface area contributed by atoms with Gasteiger partial charge in [-0.3, -0.25) is 4.79 Å². The normalized spacial score (nSPS) is 17.7. The van der Waals surface area contributed by atoms with E-state index in [0.717, 1.165) is 11.3 Å². The summed E-state index contributed by atoms with van der Waals surface area (Å²) in [5.74, 6) is 1.45. The first-order chi connectivity index (χ1) is 8.74. The van der Waals surface area contributed by atoms with Gasteiger partial charge in [0.1, 0.15) is 5.78 Å². The van der Waals surface area contributed by atoms with Crippen molar-refractivity contribution in [2.75, 3.05) is 5.75 Å². The van der Waals surface area contributed by atoms with Crippen LogP contribution in [0.1, 0.15) is 17.3 Å². The lowest BCUT2D eigenvalue weighted by atomic mass is 9.95. The van der Waals surface area contributed by atoms with E-state index >= 15 is 0 Å². The molecule has 0 saturated carbocycles. The highest BCUT2D eigenvalue weighted by Crippen LogP contribution is 2.39. The number of aryl methyl sites for hydroxylation is 1. The standard InChI is InChI=1S/C12H12N4OS/c1-16-14-12(13-15-16)6-10(17)9-7-18-11-5-3-2-4-8(9)11/h2-5,9H,6-7H2,1H3. The molecule has 2 aromatic rings. The third kappa shape index (κ3) is 2.03.